The quantitative estimate of drug-likeness (QED) is 0.685. The van der Waals surface area contributed by atoms with Gasteiger partial charge in [0.2, 0.25) is 0 Å². The first-order chi connectivity index (χ1) is 8.70. The number of ketones is 1. The van der Waals surface area contributed by atoms with Crippen LogP contribution >= 0.6 is 0 Å². The van der Waals surface area contributed by atoms with Crippen LogP contribution in [0.1, 0.15) is 39.7 Å². The Morgan fingerprint density at radius 2 is 1.68 bits per heavy atom. The van der Waals surface area contributed by atoms with E-state index in [1.807, 2.05) is 13.0 Å². The van der Waals surface area contributed by atoms with Crippen LogP contribution in [0.25, 0.3) is 0 Å². The smallest absolute Gasteiger partial charge is 0.133 e. The van der Waals surface area contributed by atoms with Crippen LogP contribution in [0.3, 0.4) is 0 Å². The van der Waals surface area contributed by atoms with Gasteiger partial charge in [-0.15, -0.1) is 0 Å². The molecule has 0 radical (unpaired) electrons. The van der Waals surface area contributed by atoms with Gasteiger partial charge in [0.15, 0.2) is 0 Å². The van der Waals surface area contributed by atoms with Gasteiger partial charge in [-0.2, -0.15) is 0 Å². The van der Waals surface area contributed by atoms with Crippen LogP contribution in [0.15, 0.2) is 30.3 Å². The number of Topliss-reactive ketones (excluding diaryl/α,β-unsaturated/α-hetero) is 1. The van der Waals surface area contributed by atoms with Gasteiger partial charge >= 0.3 is 0 Å². The lowest BCUT2D eigenvalue weighted by Crippen LogP contribution is -2.46. The van der Waals surface area contributed by atoms with Gasteiger partial charge in [0.25, 0.3) is 0 Å². The summed E-state index contributed by atoms with van der Waals surface area (Å²) >= 11 is 0. The predicted octanol–water partition coefficient (Wildman–Crippen LogP) is 5.09. The molecule has 0 saturated carbocycles. The Bertz CT molecular complexity index is 415. The zero-order valence-electron chi connectivity index (χ0n) is 13.3. The molecule has 0 spiro atoms. The van der Waals surface area contributed by atoms with E-state index in [0.29, 0.717) is 12.2 Å². The third kappa shape index (κ3) is 3.79. The molecule has 1 atom stereocenters. The lowest BCUT2D eigenvalue weighted by atomic mass is 10.1. The third-order valence-electron chi connectivity index (χ3n) is 4.82. The van der Waals surface area contributed by atoms with Gasteiger partial charge in [-0.1, -0.05) is 71.1 Å². The molecule has 0 fully saturated rings. The van der Waals surface area contributed by atoms with Crippen molar-refractivity contribution < 1.29 is 4.79 Å². The van der Waals surface area contributed by atoms with E-state index in [1.165, 1.54) is 5.56 Å². The first kappa shape index (κ1) is 16.2. The van der Waals surface area contributed by atoms with Crippen LogP contribution in [0.2, 0.25) is 23.7 Å². The zero-order valence-corrected chi connectivity index (χ0v) is 14.3. The van der Waals surface area contributed by atoms with Crippen LogP contribution in [-0.4, -0.2) is 13.9 Å². The standard InChI is InChI=1S/C17H28OSi/c1-7-15(18)16(19(5,6)17(2,3)4)13-14-11-9-8-10-12-14/h8-12,16H,7,13H2,1-6H3. The maximum Gasteiger partial charge on any atom is 0.133 e. The largest absolute Gasteiger partial charge is 0.300 e. The molecular formula is C17H28OSi. The minimum atomic E-state index is -1.65. The summed E-state index contributed by atoms with van der Waals surface area (Å²) in [5.74, 6) is 0.440. The minimum Gasteiger partial charge on any atom is -0.300 e. The fourth-order valence-corrected chi connectivity index (χ4v) is 5.19. The second-order valence-corrected chi connectivity index (χ2v) is 12.7. The highest BCUT2D eigenvalue weighted by Gasteiger charge is 2.44. The molecule has 0 aliphatic heterocycles. The Hall–Kier alpha value is -0.893. The van der Waals surface area contributed by atoms with E-state index >= 15 is 0 Å². The molecule has 0 aromatic heterocycles. The van der Waals surface area contributed by atoms with Gasteiger partial charge in [0.1, 0.15) is 5.78 Å². The van der Waals surface area contributed by atoms with Gasteiger partial charge in [0.05, 0.1) is 8.07 Å². The number of hydrogen-bond acceptors (Lipinski definition) is 1. The molecule has 1 unspecified atom stereocenters. The molecule has 0 aliphatic rings. The third-order valence-corrected chi connectivity index (χ3v) is 11.0. The van der Waals surface area contributed by atoms with Crippen LogP contribution in [-0.2, 0) is 11.2 Å². The van der Waals surface area contributed by atoms with Crippen LogP contribution < -0.4 is 0 Å². The normalized spacial score (nSPS) is 14.2. The fourth-order valence-electron chi connectivity index (χ4n) is 2.39. The molecule has 0 saturated heterocycles. The number of carbonyl (C=O) groups excluding carboxylic acids is 1. The molecule has 0 aliphatic carbocycles. The van der Waals surface area contributed by atoms with Gasteiger partial charge in [-0.25, -0.2) is 0 Å². The summed E-state index contributed by atoms with van der Waals surface area (Å²) in [6.45, 7) is 13.6. The van der Waals surface area contributed by atoms with E-state index in [4.69, 9.17) is 0 Å². The van der Waals surface area contributed by atoms with Crippen molar-refractivity contribution in [2.24, 2.45) is 0 Å². The number of carbonyl (C=O) groups is 1. The van der Waals surface area contributed by atoms with Crippen molar-refractivity contribution in [3.63, 3.8) is 0 Å². The second kappa shape index (κ2) is 6.04. The van der Waals surface area contributed by atoms with Crippen molar-refractivity contribution in [3.05, 3.63) is 35.9 Å². The van der Waals surface area contributed by atoms with E-state index in [0.717, 1.165) is 6.42 Å². The van der Waals surface area contributed by atoms with Gasteiger partial charge < -0.3 is 0 Å². The molecule has 2 heteroatoms. The Kier molecular flexibility index (Phi) is 5.14. The van der Waals surface area contributed by atoms with Crippen LogP contribution in [0, 0.1) is 0 Å². The number of benzene rings is 1. The van der Waals surface area contributed by atoms with Crippen molar-refractivity contribution in [1.29, 1.82) is 0 Å². The highest BCUT2D eigenvalue weighted by molar-refractivity contribution is 6.84. The SMILES string of the molecule is CCC(=O)C(Cc1ccccc1)[Si](C)(C)C(C)(C)C. The summed E-state index contributed by atoms with van der Waals surface area (Å²) < 4.78 is 0. The summed E-state index contributed by atoms with van der Waals surface area (Å²) in [7, 11) is -1.65. The highest BCUT2D eigenvalue weighted by atomic mass is 28.3. The Labute approximate surface area is 119 Å². The Balaban J connectivity index is 3.06. The van der Waals surface area contributed by atoms with Crippen LogP contribution in [0.4, 0.5) is 0 Å². The lowest BCUT2D eigenvalue weighted by Gasteiger charge is -2.42. The second-order valence-electron chi connectivity index (χ2n) is 7.03. The molecule has 0 bridgehead atoms. The van der Waals surface area contributed by atoms with Gasteiger partial charge in [0, 0.05) is 12.0 Å². The fraction of sp³-hybridized carbons (Fsp3) is 0.588. The monoisotopic (exact) mass is 276 g/mol. The van der Waals surface area contributed by atoms with E-state index in [2.05, 4.69) is 58.1 Å². The first-order valence-electron chi connectivity index (χ1n) is 7.26. The molecular weight excluding hydrogens is 248 g/mol. The van der Waals surface area contributed by atoms with Gasteiger partial charge in [-0.3, -0.25) is 4.79 Å². The molecule has 0 heterocycles. The summed E-state index contributed by atoms with van der Waals surface area (Å²) in [6, 6.07) is 10.4. The van der Waals surface area contributed by atoms with Crippen molar-refractivity contribution in [2.75, 3.05) is 0 Å². The summed E-state index contributed by atoms with van der Waals surface area (Å²) in [6.07, 6.45) is 1.56. The molecule has 0 N–H and O–H groups in total. The molecule has 1 nitrogen and oxygen atoms in total. The number of hydrogen-bond donors (Lipinski definition) is 0. The molecule has 19 heavy (non-hydrogen) atoms. The average Bonchev–Trinajstić information content (AvgIpc) is 2.34. The first-order valence-corrected chi connectivity index (χ1v) is 10.3. The van der Waals surface area contributed by atoms with Crippen LogP contribution in [0.5, 0.6) is 0 Å². The van der Waals surface area contributed by atoms with E-state index in [9.17, 15) is 4.79 Å². The average molecular weight is 276 g/mol. The van der Waals surface area contributed by atoms with Crippen molar-refractivity contribution in [3.8, 4) is 0 Å². The Morgan fingerprint density at radius 3 is 2.11 bits per heavy atom. The van der Waals surface area contributed by atoms with Gasteiger partial charge in [-0.05, 0) is 17.0 Å². The molecule has 0 amide bonds. The summed E-state index contributed by atoms with van der Waals surface area (Å²) in [4.78, 5) is 12.4. The minimum absolute atomic E-state index is 0.222. The molecule has 1 rings (SSSR count). The van der Waals surface area contributed by atoms with E-state index < -0.39 is 8.07 Å². The summed E-state index contributed by atoms with van der Waals surface area (Å²) in [5, 5.41) is 0.247. The van der Waals surface area contributed by atoms with Crippen molar-refractivity contribution in [1.82, 2.24) is 0 Å². The predicted molar refractivity (Wildman–Crippen MR) is 86.4 cm³/mol. The number of rotatable bonds is 5. The molecule has 1 aromatic carbocycles. The van der Waals surface area contributed by atoms with Crippen molar-refractivity contribution in [2.45, 2.75) is 64.2 Å². The molecule has 1 aromatic rings. The zero-order chi connectivity index (χ0) is 14.7. The molecule has 106 valence electrons. The summed E-state index contributed by atoms with van der Waals surface area (Å²) in [5.41, 5.74) is 1.51. The topological polar surface area (TPSA) is 17.1 Å². The maximum atomic E-state index is 12.4. The lowest BCUT2D eigenvalue weighted by molar-refractivity contribution is -0.118. The Morgan fingerprint density at radius 1 is 1.16 bits per heavy atom. The maximum absolute atomic E-state index is 12.4. The van der Waals surface area contributed by atoms with E-state index in [1.54, 1.807) is 0 Å². The highest BCUT2D eigenvalue weighted by Crippen LogP contribution is 2.45. The van der Waals surface area contributed by atoms with E-state index in [-0.39, 0.29) is 10.6 Å². The van der Waals surface area contributed by atoms with Crippen molar-refractivity contribution >= 4 is 13.9 Å².